The van der Waals surface area contributed by atoms with Crippen LogP contribution in [0.3, 0.4) is 0 Å². The highest BCUT2D eigenvalue weighted by Gasteiger charge is 2.21. The molecule has 3 amide bonds. The zero-order chi connectivity index (χ0) is 12.0. The van der Waals surface area contributed by atoms with Crippen LogP contribution in [0.15, 0.2) is 0 Å². The molecule has 92 valence electrons. The standard InChI is InChI=1S/C10H20N4O2/c11-6-8-4-2-1-3-5-14(8)7-9(15)13-10(12)16/h8H,1-7,11H2,(H3,12,13,15,16). The van der Waals surface area contributed by atoms with E-state index >= 15 is 0 Å². The lowest BCUT2D eigenvalue weighted by molar-refractivity contribution is -0.121. The minimum absolute atomic E-state index is 0.199. The van der Waals surface area contributed by atoms with E-state index in [0.29, 0.717) is 6.54 Å². The maximum absolute atomic E-state index is 11.4. The van der Waals surface area contributed by atoms with Gasteiger partial charge >= 0.3 is 6.03 Å². The summed E-state index contributed by atoms with van der Waals surface area (Å²) in [6.07, 6.45) is 4.40. The van der Waals surface area contributed by atoms with Crippen molar-refractivity contribution in [2.75, 3.05) is 19.6 Å². The van der Waals surface area contributed by atoms with Crippen LogP contribution in [0.4, 0.5) is 4.79 Å². The number of imide groups is 1. The Balaban J connectivity index is 2.47. The fraction of sp³-hybridized carbons (Fsp3) is 0.800. The number of rotatable bonds is 3. The number of amides is 3. The van der Waals surface area contributed by atoms with E-state index < -0.39 is 6.03 Å². The van der Waals surface area contributed by atoms with Crippen LogP contribution in [-0.2, 0) is 4.79 Å². The molecule has 1 aliphatic heterocycles. The molecule has 1 aliphatic rings. The summed E-state index contributed by atoms with van der Waals surface area (Å²) in [5, 5.41) is 2.07. The van der Waals surface area contributed by atoms with Gasteiger partial charge in [-0.15, -0.1) is 0 Å². The fourth-order valence-corrected chi connectivity index (χ4v) is 2.07. The van der Waals surface area contributed by atoms with Crippen molar-refractivity contribution in [1.82, 2.24) is 10.2 Å². The average Bonchev–Trinajstić information content (AvgIpc) is 2.41. The molecule has 16 heavy (non-hydrogen) atoms. The number of carbonyl (C=O) groups is 2. The Hall–Kier alpha value is -1.14. The molecule has 1 atom stereocenters. The number of urea groups is 1. The minimum Gasteiger partial charge on any atom is -0.351 e. The van der Waals surface area contributed by atoms with Crippen LogP contribution in [0.5, 0.6) is 0 Å². The molecule has 1 saturated heterocycles. The van der Waals surface area contributed by atoms with Crippen LogP contribution in [0.1, 0.15) is 25.7 Å². The second-order valence-electron chi connectivity index (χ2n) is 4.12. The highest BCUT2D eigenvalue weighted by molar-refractivity contribution is 5.94. The topological polar surface area (TPSA) is 101 Å². The molecule has 0 saturated carbocycles. The predicted molar refractivity (Wildman–Crippen MR) is 60.6 cm³/mol. The number of nitrogens with one attached hydrogen (secondary N) is 1. The van der Waals surface area contributed by atoms with Gasteiger partial charge in [-0.1, -0.05) is 12.8 Å². The van der Waals surface area contributed by atoms with Crippen molar-refractivity contribution in [3.63, 3.8) is 0 Å². The summed E-state index contributed by atoms with van der Waals surface area (Å²) in [6, 6.07) is -0.565. The largest absolute Gasteiger partial charge is 0.351 e. The number of carbonyl (C=O) groups excluding carboxylic acids is 2. The van der Waals surface area contributed by atoms with Gasteiger partial charge in [0.25, 0.3) is 0 Å². The molecule has 0 radical (unpaired) electrons. The molecule has 5 N–H and O–H groups in total. The molecule has 1 fully saturated rings. The molecule has 0 aromatic heterocycles. The Kier molecular flexibility index (Phi) is 5.21. The second kappa shape index (κ2) is 6.44. The molecule has 0 aromatic carbocycles. The third-order valence-electron chi connectivity index (χ3n) is 2.88. The normalized spacial score (nSPS) is 22.4. The van der Waals surface area contributed by atoms with Crippen LogP contribution in [0.25, 0.3) is 0 Å². The molecule has 0 bridgehead atoms. The molecule has 1 unspecified atom stereocenters. The van der Waals surface area contributed by atoms with Crippen LogP contribution < -0.4 is 16.8 Å². The van der Waals surface area contributed by atoms with Gasteiger partial charge in [-0.05, 0) is 19.4 Å². The van der Waals surface area contributed by atoms with Crippen molar-refractivity contribution in [1.29, 1.82) is 0 Å². The third kappa shape index (κ3) is 4.16. The first-order valence-electron chi connectivity index (χ1n) is 5.67. The molecular formula is C10H20N4O2. The lowest BCUT2D eigenvalue weighted by atomic mass is 10.1. The second-order valence-corrected chi connectivity index (χ2v) is 4.12. The summed E-state index contributed by atoms with van der Waals surface area (Å²) in [7, 11) is 0. The van der Waals surface area contributed by atoms with E-state index in [1.807, 2.05) is 4.90 Å². The van der Waals surface area contributed by atoms with Gasteiger partial charge in [0.05, 0.1) is 6.54 Å². The van der Waals surface area contributed by atoms with Gasteiger partial charge in [0, 0.05) is 12.6 Å². The van der Waals surface area contributed by atoms with E-state index in [0.717, 1.165) is 25.8 Å². The van der Waals surface area contributed by atoms with Crippen molar-refractivity contribution < 1.29 is 9.59 Å². The van der Waals surface area contributed by atoms with Gasteiger partial charge in [0.15, 0.2) is 0 Å². The molecule has 6 heteroatoms. The summed E-state index contributed by atoms with van der Waals surface area (Å²) < 4.78 is 0. The van der Waals surface area contributed by atoms with E-state index in [1.165, 1.54) is 6.42 Å². The molecular weight excluding hydrogens is 208 g/mol. The smallest absolute Gasteiger partial charge is 0.318 e. The summed E-state index contributed by atoms with van der Waals surface area (Å²) in [5.74, 6) is -0.354. The van der Waals surface area contributed by atoms with E-state index in [1.54, 1.807) is 0 Å². The van der Waals surface area contributed by atoms with Gasteiger partial charge < -0.3 is 11.5 Å². The zero-order valence-electron chi connectivity index (χ0n) is 9.45. The Morgan fingerprint density at radius 2 is 2.06 bits per heavy atom. The number of likely N-dealkylation sites (tertiary alicyclic amines) is 1. The van der Waals surface area contributed by atoms with Gasteiger partial charge in [0.1, 0.15) is 0 Å². The lowest BCUT2D eigenvalue weighted by Gasteiger charge is -2.27. The zero-order valence-corrected chi connectivity index (χ0v) is 9.45. The van der Waals surface area contributed by atoms with Gasteiger partial charge in [-0.2, -0.15) is 0 Å². The predicted octanol–water partition coefficient (Wildman–Crippen LogP) is -0.615. The molecule has 0 spiro atoms. The maximum Gasteiger partial charge on any atom is 0.318 e. The SMILES string of the molecule is NCC1CCCCCN1CC(=O)NC(N)=O. The van der Waals surface area contributed by atoms with Gasteiger partial charge in [0.2, 0.25) is 5.91 Å². The van der Waals surface area contributed by atoms with Crippen molar-refractivity contribution >= 4 is 11.9 Å². The van der Waals surface area contributed by atoms with Crippen LogP contribution in [0.2, 0.25) is 0 Å². The maximum atomic E-state index is 11.4. The van der Waals surface area contributed by atoms with Crippen molar-refractivity contribution in [2.24, 2.45) is 11.5 Å². The molecule has 1 rings (SSSR count). The lowest BCUT2D eigenvalue weighted by Crippen LogP contribution is -2.47. The van der Waals surface area contributed by atoms with Crippen molar-refractivity contribution in [3.05, 3.63) is 0 Å². The van der Waals surface area contributed by atoms with E-state index in [2.05, 4.69) is 5.32 Å². The van der Waals surface area contributed by atoms with Gasteiger partial charge in [-0.3, -0.25) is 15.0 Å². The number of hydrogen-bond donors (Lipinski definition) is 3. The monoisotopic (exact) mass is 228 g/mol. The summed E-state index contributed by atoms with van der Waals surface area (Å²) in [6.45, 7) is 1.60. The Morgan fingerprint density at radius 3 is 2.69 bits per heavy atom. The van der Waals surface area contributed by atoms with Crippen LogP contribution in [-0.4, -0.2) is 42.5 Å². The Morgan fingerprint density at radius 1 is 1.31 bits per heavy atom. The molecule has 0 aromatic rings. The first-order chi connectivity index (χ1) is 7.63. The van der Waals surface area contributed by atoms with E-state index in [4.69, 9.17) is 11.5 Å². The highest BCUT2D eigenvalue weighted by atomic mass is 16.2. The van der Waals surface area contributed by atoms with Gasteiger partial charge in [-0.25, -0.2) is 4.79 Å². The van der Waals surface area contributed by atoms with Crippen molar-refractivity contribution in [3.8, 4) is 0 Å². The Bertz CT molecular complexity index is 257. The third-order valence-corrected chi connectivity index (χ3v) is 2.88. The summed E-state index contributed by atoms with van der Waals surface area (Å²) in [5.41, 5.74) is 10.6. The molecule has 0 aliphatic carbocycles. The highest BCUT2D eigenvalue weighted by Crippen LogP contribution is 2.15. The first-order valence-corrected chi connectivity index (χ1v) is 5.67. The molecule has 1 heterocycles. The Labute approximate surface area is 95.3 Å². The average molecular weight is 228 g/mol. The summed E-state index contributed by atoms with van der Waals surface area (Å²) >= 11 is 0. The first kappa shape index (κ1) is 12.9. The van der Waals surface area contributed by atoms with E-state index in [-0.39, 0.29) is 18.5 Å². The van der Waals surface area contributed by atoms with Crippen molar-refractivity contribution in [2.45, 2.75) is 31.7 Å². The number of nitrogens with zero attached hydrogens (tertiary/aromatic N) is 1. The van der Waals surface area contributed by atoms with Crippen LogP contribution >= 0.6 is 0 Å². The van der Waals surface area contributed by atoms with E-state index in [9.17, 15) is 9.59 Å². The fourth-order valence-electron chi connectivity index (χ4n) is 2.07. The molecule has 6 nitrogen and oxygen atoms in total. The number of nitrogens with two attached hydrogens (primary N) is 2. The summed E-state index contributed by atoms with van der Waals surface area (Å²) in [4.78, 5) is 24.0. The number of hydrogen-bond acceptors (Lipinski definition) is 4. The van der Waals surface area contributed by atoms with Crippen LogP contribution in [0, 0.1) is 0 Å². The number of primary amides is 1. The minimum atomic E-state index is -0.802. The quantitative estimate of drug-likeness (QED) is 0.599.